The van der Waals surface area contributed by atoms with Crippen molar-refractivity contribution in [2.24, 2.45) is 0 Å². The minimum Gasteiger partial charge on any atom is -0.399 e. The molecule has 0 saturated carbocycles. The smallest absolute Gasteiger partial charge is 0.259 e. The average molecular weight is 352 g/mol. The molecule has 0 spiro atoms. The molecular formula is C15H12BrClN2O. The summed E-state index contributed by atoms with van der Waals surface area (Å²) in [6.07, 6.45) is 0.840. The lowest BCUT2D eigenvalue weighted by Crippen LogP contribution is -2.29. The van der Waals surface area contributed by atoms with E-state index in [-0.39, 0.29) is 5.91 Å². The van der Waals surface area contributed by atoms with Crippen LogP contribution < -0.4 is 10.6 Å². The highest BCUT2D eigenvalue weighted by Gasteiger charge is 2.27. The predicted molar refractivity (Wildman–Crippen MR) is 85.4 cm³/mol. The summed E-state index contributed by atoms with van der Waals surface area (Å²) in [5.41, 5.74) is 8.99. The van der Waals surface area contributed by atoms with Gasteiger partial charge in [-0.2, -0.15) is 0 Å². The van der Waals surface area contributed by atoms with Gasteiger partial charge in [-0.1, -0.05) is 23.7 Å². The molecule has 0 fully saturated rings. The quantitative estimate of drug-likeness (QED) is 0.792. The van der Waals surface area contributed by atoms with Gasteiger partial charge >= 0.3 is 0 Å². The van der Waals surface area contributed by atoms with E-state index in [2.05, 4.69) is 15.9 Å². The number of hydrogen-bond donors (Lipinski definition) is 1. The first-order chi connectivity index (χ1) is 9.58. The minimum absolute atomic E-state index is 0.0966. The number of anilines is 2. The van der Waals surface area contributed by atoms with Gasteiger partial charge < -0.3 is 10.6 Å². The second-order valence-electron chi connectivity index (χ2n) is 4.70. The van der Waals surface area contributed by atoms with Gasteiger partial charge in [-0.15, -0.1) is 0 Å². The third-order valence-corrected chi connectivity index (χ3v) is 4.73. The largest absolute Gasteiger partial charge is 0.399 e. The van der Waals surface area contributed by atoms with Crippen LogP contribution in [-0.2, 0) is 6.42 Å². The fourth-order valence-corrected chi connectivity index (χ4v) is 2.99. The molecule has 5 heteroatoms. The topological polar surface area (TPSA) is 46.3 Å². The Bertz CT molecular complexity index is 702. The van der Waals surface area contributed by atoms with Gasteiger partial charge in [0.15, 0.2) is 0 Å². The van der Waals surface area contributed by atoms with Crippen LogP contribution in [0.1, 0.15) is 15.9 Å². The number of fused-ring (bicyclic) bond motifs is 1. The lowest BCUT2D eigenvalue weighted by Gasteiger charge is -2.18. The fraction of sp³-hybridized carbons (Fsp3) is 0.133. The van der Waals surface area contributed by atoms with Crippen LogP contribution >= 0.6 is 27.5 Å². The van der Waals surface area contributed by atoms with Crippen LogP contribution in [0.15, 0.2) is 40.9 Å². The number of carbonyl (C=O) groups is 1. The number of amides is 1. The molecular weight excluding hydrogens is 340 g/mol. The molecule has 0 aliphatic carbocycles. The minimum atomic E-state index is -0.0966. The number of benzene rings is 2. The normalized spacial score (nSPS) is 13.4. The highest BCUT2D eigenvalue weighted by atomic mass is 79.9. The monoisotopic (exact) mass is 350 g/mol. The Labute approximate surface area is 130 Å². The van der Waals surface area contributed by atoms with Crippen LogP contribution in [0.5, 0.6) is 0 Å². The van der Waals surface area contributed by atoms with Crippen LogP contribution in [0.2, 0.25) is 5.02 Å². The molecule has 3 rings (SSSR count). The summed E-state index contributed by atoms with van der Waals surface area (Å²) in [6.45, 7) is 0.653. The second-order valence-corrected chi connectivity index (χ2v) is 5.93. The van der Waals surface area contributed by atoms with E-state index in [0.29, 0.717) is 22.8 Å². The first-order valence-electron chi connectivity index (χ1n) is 6.22. The number of nitrogens with zero attached hydrogens (tertiary/aromatic N) is 1. The van der Waals surface area contributed by atoms with Crippen LogP contribution in [0.4, 0.5) is 11.4 Å². The first kappa shape index (κ1) is 13.5. The van der Waals surface area contributed by atoms with Gasteiger partial charge in [0.2, 0.25) is 0 Å². The van der Waals surface area contributed by atoms with Gasteiger partial charge in [0.1, 0.15) is 0 Å². The lowest BCUT2D eigenvalue weighted by molar-refractivity contribution is 0.0989. The lowest BCUT2D eigenvalue weighted by atomic mass is 10.1. The Morgan fingerprint density at radius 2 is 2.10 bits per heavy atom. The van der Waals surface area contributed by atoms with Crippen molar-refractivity contribution in [1.29, 1.82) is 0 Å². The van der Waals surface area contributed by atoms with E-state index >= 15 is 0 Å². The van der Waals surface area contributed by atoms with E-state index in [0.717, 1.165) is 22.1 Å². The third-order valence-electron chi connectivity index (χ3n) is 3.43. The van der Waals surface area contributed by atoms with Gasteiger partial charge in [-0.25, -0.2) is 0 Å². The van der Waals surface area contributed by atoms with E-state index in [1.807, 2.05) is 24.3 Å². The van der Waals surface area contributed by atoms with Crippen molar-refractivity contribution in [3.05, 3.63) is 57.0 Å². The molecule has 0 bridgehead atoms. The van der Waals surface area contributed by atoms with Gasteiger partial charge in [0.05, 0.1) is 10.6 Å². The van der Waals surface area contributed by atoms with E-state index in [4.69, 9.17) is 17.3 Å². The van der Waals surface area contributed by atoms with Gasteiger partial charge in [-0.05, 0) is 52.2 Å². The van der Waals surface area contributed by atoms with Gasteiger partial charge in [0.25, 0.3) is 5.91 Å². The first-order valence-corrected chi connectivity index (χ1v) is 7.39. The van der Waals surface area contributed by atoms with Crippen LogP contribution in [0.25, 0.3) is 0 Å². The van der Waals surface area contributed by atoms with Crippen LogP contribution in [0, 0.1) is 0 Å². The Morgan fingerprint density at radius 3 is 2.90 bits per heavy atom. The zero-order valence-corrected chi connectivity index (χ0v) is 12.9. The molecule has 0 unspecified atom stereocenters. The number of carbonyl (C=O) groups excluding carboxylic acids is 1. The summed E-state index contributed by atoms with van der Waals surface area (Å²) in [6, 6.07) is 11.0. The van der Waals surface area contributed by atoms with Gasteiger partial charge in [-0.3, -0.25) is 4.79 Å². The Balaban J connectivity index is 2.02. The molecule has 20 heavy (non-hydrogen) atoms. The predicted octanol–water partition coefficient (Wildman–Crippen LogP) is 3.89. The maximum atomic E-state index is 12.7. The molecule has 1 aliphatic heterocycles. The van der Waals surface area contributed by atoms with E-state index in [1.165, 1.54) is 0 Å². The molecule has 2 aromatic rings. The van der Waals surface area contributed by atoms with Crippen LogP contribution in [0.3, 0.4) is 0 Å². The number of nitrogens with two attached hydrogens (primary N) is 1. The van der Waals surface area contributed by atoms with Gasteiger partial charge in [0, 0.05) is 22.4 Å². The Morgan fingerprint density at radius 1 is 1.30 bits per heavy atom. The second kappa shape index (κ2) is 5.11. The maximum Gasteiger partial charge on any atom is 0.259 e. The summed E-state index contributed by atoms with van der Waals surface area (Å²) in [7, 11) is 0. The number of rotatable bonds is 1. The molecule has 0 saturated heterocycles. The zero-order valence-electron chi connectivity index (χ0n) is 10.6. The summed E-state index contributed by atoms with van der Waals surface area (Å²) in [5.74, 6) is -0.0966. The number of hydrogen-bond acceptors (Lipinski definition) is 2. The van der Waals surface area contributed by atoms with Crippen molar-refractivity contribution >= 4 is 44.8 Å². The summed E-state index contributed by atoms with van der Waals surface area (Å²) >= 11 is 9.55. The highest BCUT2D eigenvalue weighted by Crippen LogP contribution is 2.33. The van der Waals surface area contributed by atoms with Crippen molar-refractivity contribution in [2.75, 3.05) is 17.2 Å². The average Bonchev–Trinajstić information content (AvgIpc) is 2.84. The third kappa shape index (κ3) is 2.19. The highest BCUT2D eigenvalue weighted by molar-refractivity contribution is 9.10. The standard InChI is InChI=1S/C15H12BrClN2O/c16-12-3-1-2-11(14(12)17)15(20)19-7-6-9-4-5-10(18)8-13(9)19/h1-5,8H,6-7,18H2. The number of halogens is 2. The fourth-order valence-electron chi connectivity index (χ4n) is 2.42. The van der Waals surface area contributed by atoms with Crippen molar-refractivity contribution in [1.82, 2.24) is 0 Å². The van der Waals surface area contributed by atoms with Crippen molar-refractivity contribution in [3.63, 3.8) is 0 Å². The van der Waals surface area contributed by atoms with Crippen LogP contribution in [-0.4, -0.2) is 12.5 Å². The molecule has 2 N–H and O–H groups in total. The summed E-state index contributed by atoms with van der Waals surface area (Å²) < 4.78 is 0.719. The zero-order chi connectivity index (χ0) is 14.3. The molecule has 2 aromatic carbocycles. The number of nitrogen functional groups attached to an aromatic ring is 1. The molecule has 1 aliphatic rings. The molecule has 1 heterocycles. The molecule has 0 atom stereocenters. The molecule has 102 valence electrons. The van der Waals surface area contributed by atoms with E-state index in [1.54, 1.807) is 17.0 Å². The Kier molecular flexibility index (Phi) is 3.44. The van der Waals surface area contributed by atoms with E-state index in [9.17, 15) is 4.79 Å². The SMILES string of the molecule is Nc1ccc2c(c1)N(C(=O)c1cccc(Br)c1Cl)CC2. The molecule has 1 amide bonds. The van der Waals surface area contributed by atoms with E-state index < -0.39 is 0 Å². The Hall–Kier alpha value is -1.52. The van der Waals surface area contributed by atoms with Crippen molar-refractivity contribution in [3.8, 4) is 0 Å². The summed E-state index contributed by atoms with van der Waals surface area (Å²) in [5, 5.41) is 0.440. The van der Waals surface area contributed by atoms with Crippen molar-refractivity contribution < 1.29 is 4.79 Å². The summed E-state index contributed by atoms with van der Waals surface area (Å²) in [4.78, 5) is 14.4. The van der Waals surface area contributed by atoms with Crippen molar-refractivity contribution in [2.45, 2.75) is 6.42 Å². The molecule has 3 nitrogen and oxygen atoms in total. The maximum absolute atomic E-state index is 12.7. The molecule has 0 radical (unpaired) electrons. The molecule has 0 aromatic heterocycles.